The third-order valence-electron chi connectivity index (χ3n) is 2.80. The van der Waals surface area contributed by atoms with Gasteiger partial charge >= 0.3 is 0 Å². The number of nitrogens with one attached hydrogen (secondary N) is 1. The molecule has 0 heterocycles. The van der Waals surface area contributed by atoms with E-state index in [0.29, 0.717) is 6.54 Å². The van der Waals surface area contributed by atoms with Gasteiger partial charge in [-0.05, 0) is 19.1 Å². The third-order valence-corrected chi connectivity index (χ3v) is 4.21. The minimum absolute atomic E-state index is 0.0234. The van der Waals surface area contributed by atoms with E-state index in [1.807, 2.05) is 17.8 Å². The Balaban J connectivity index is 2.35. The third kappa shape index (κ3) is 2.91. The van der Waals surface area contributed by atoms with Crippen LogP contribution < -0.4 is 5.32 Å². The van der Waals surface area contributed by atoms with Crippen LogP contribution in [0.1, 0.15) is 32.1 Å². The summed E-state index contributed by atoms with van der Waals surface area (Å²) in [6.07, 6.45) is 6.96. The number of thioether (sulfide) groups is 1. The minimum Gasteiger partial charge on any atom is -0.354 e. The lowest BCUT2D eigenvalue weighted by atomic mass is 10.1. The predicted molar refractivity (Wildman–Crippen MR) is 58.0 cm³/mol. The second-order valence-corrected chi connectivity index (χ2v) is 4.98. The molecule has 78 valence electrons. The van der Waals surface area contributed by atoms with Crippen molar-refractivity contribution < 1.29 is 4.79 Å². The molecule has 1 N–H and O–H groups in total. The number of rotatable bonds is 4. The van der Waals surface area contributed by atoms with Gasteiger partial charge in [0, 0.05) is 11.3 Å². The number of hydrogen-bond donors (Lipinski definition) is 1. The summed E-state index contributed by atoms with van der Waals surface area (Å²) in [4.78, 5) is 11.1. The molecule has 14 heavy (non-hydrogen) atoms. The van der Waals surface area contributed by atoms with Crippen LogP contribution in [0.4, 0.5) is 0 Å². The zero-order valence-corrected chi connectivity index (χ0v) is 9.32. The van der Waals surface area contributed by atoms with Crippen LogP contribution in [0.15, 0.2) is 0 Å². The van der Waals surface area contributed by atoms with Gasteiger partial charge in [-0.15, -0.1) is 0 Å². The van der Waals surface area contributed by atoms with Gasteiger partial charge < -0.3 is 5.32 Å². The molecule has 1 saturated carbocycles. The van der Waals surface area contributed by atoms with Crippen molar-refractivity contribution in [3.05, 3.63) is 0 Å². The van der Waals surface area contributed by atoms with Gasteiger partial charge in [0.25, 0.3) is 0 Å². The molecule has 1 aliphatic carbocycles. The van der Waals surface area contributed by atoms with Crippen LogP contribution in [0, 0.1) is 11.3 Å². The number of hydrogen-bond acceptors (Lipinski definition) is 3. The topological polar surface area (TPSA) is 52.9 Å². The van der Waals surface area contributed by atoms with E-state index in [-0.39, 0.29) is 17.1 Å². The summed E-state index contributed by atoms with van der Waals surface area (Å²) in [5.41, 5.74) is 0. The molecule has 0 saturated heterocycles. The molecular formula is C10H16N2OS. The molecule has 0 aliphatic heterocycles. The Morgan fingerprint density at radius 2 is 2.21 bits per heavy atom. The smallest absolute Gasteiger partial charge is 0.234 e. The van der Waals surface area contributed by atoms with Gasteiger partial charge in [-0.25, -0.2) is 0 Å². The summed E-state index contributed by atoms with van der Waals surface area (Å²) >= 11 is 1.84. The summed E-state index contributed by atoms with van der Waals surface area (Å²) in [5.74, 6) is -0.146. The summed E-state index contributed by atoms with van der Waals surface area (Å²) in [5, 5.41) is 11.2. The van der Waals surface area contributed by atoms with Crippen LogP contribution in [0.3, 0.4) is 0 Å². The van der Waals surface area contributed by atoms with Crippen molar-refractivity contribution in [2.45, 2.75) is 36.9 Å². The monoisotopic (exact) mass is 212 g/mol. The largest absolute Gasteiger partial charge is 0.354 e. The van der Waals surface area contributed by atoms with Gasteiger partial charge in [-0.1, -0.05) is 12.8 Å². The maximum atomic E-state index is 11.1. The lowest BCUT2D eigenvalue weighted by molar-refractivity contribution is -0.120. The first-order chi connectivity index (χ1) is 6.72. The molecule has 0 atom stereocenters. The summed E-state index contributed by atoms with van der Waals surface area (Å²) < 4.78 is 0.241. The van der Waals surface area contributed by atoms with Crippen LogP contribution in [-0.2, 0) is 4.79 Å². The molecule has 0 unspecified atom stereocenters. The van der Waals surface area contributed by atoms with Gasteiger partial charge in [0.1, 0.15) is 6.42 Å². The van der Waals surface area contributed by atoms with E-state index in [9.17, 15) is 4.79 Å². The SMILES string of the molecule is CSC1(CNC(=O)CC#N)CCCC1. The second-order valence-electron chi connectivity index (χ2n) is 3.71. The van der Waals surface area contributed by atoms with E-state index in [0.717, 1.165) is 0 Å². The number of carbonyl (C=O) groups excluding carboxylic acids is 1. The molecule has 4 heteroatoms. The number of amides is 1. The summed E-state index contributed by atoms with van der Waals surface area (Å²) in [6.45, 7) is 0.717. The Labute approximate surface area is 89.2 Å². The second kappa shape index (κ2) is 5.26. The molecule has 1 rings (SSSR count). The van der Waals surface area contributed by atoms with E-state index < -0.39 is 0 Å². The number of carbonyl (C=O) groups is 1. The number of nitriles is 1. The highest BCUT2D eigenvalue weighted by atomic mass is 32.2. The van der Waals surface area contributed by atoms with Gasteiger partial charge in [0.05, 0.1) is 6.07 Å². The van der Waals surface area contributed by atoms with Crippen molar-refractivity contribution in [2.24, 2.45) is 0 Å². The van der Waals surface area contributed by atoms with Gasteiger partial charge in [0.2, 0.25) is 5.91 Å². The minimum atomic E-state index is -0.146. The first kappa shape index (κ1) is 11.4. The van der Waals surface area contributed by atoms with Crippen molar-refractivity contribution in [3.63, 3.8) is 0 Å². The predicted octanol–water partition coefficient (Wildman–Crippen LogP) is 1.69. The molecular weight excluding hydrogens is 196 g/mol. The van der Waals surface area contributed by atoms with E-state index in [1.54, 1.807) is 0 Å². The standard InChI is InChI=1S/C10H16N2OS/c1-14-10(5-2-3-6-10)8-12-9(13)4-7-11/h2-6,8H2,1H3,(H,12,13). The lowest BCUT2D eigenvalue weighted by Gasteiger charge is -2.26. The Bertz CT molecular complexity index is 241. The average molecular weight is 212 g/mol. The van der Waals surface area contributed by atoms with Gasteiger partial charge in [-0.2, -0.15) is 17.0 Å². The Morgan fingerprint density at radius 3 is 2.71 bits per heavy atom. The van der Waals surface area contributed by atoms with Crippen molar-refractivity contribution in [2.75, 3.05) is 12.8 Å². The summed E-state index contributed by atoms with van der Waals surface area (Å²) in [7, 11) is 0. The fraction of sp³-hybridized carbons (Fsp3) is 0.800. The van der Waals surface area contributed by atoms with E-state index in [1.165, 1.54) is 25.7 Å². The van der Waals surface area contributed by atoms with E-state index >= 15 is 0 Å². The Kier molecular flexibility index (Phi) is 4.27. The molecule has 0 spiro atoms. The van der Waals surface area contributed by atoms with Gasteiger partial charge in [-0.3, -0.25) is 4.79 Å². The molecule has 0 radical (unpaired) electrons. The normalized spacial score (nSPS) is 18.9. The summed E-state index contributed by atoms with van der Waals surface area (Å²) in [6, 6.07) is 1.85. The van der Waals surface area contributed by atoms with Crippen molar-refractivity contribution >= 4 is 17.7 Å². The molecule has 3 nitrogen and oxygen atoms in total. The van der Waals surface area contributed by atoms with Crippen LogP contribution >= 0.6 is 11.8 Å². The molecule has 0 aromatic heterocycles. The number of nitrogens with zero attached hydrogens (tertiary/aromatic N) is 1. The Hall–Kier alpha value is -0.690. The quantitative estimate of drug-likeness (QED) is 0.771. The molecule has 0 bridgehead atoms. The highest BCUT2D eigenvalue weighted by Crippen LogP contribution is 2.39. The first-order valence-corrected chi connectivity index (χ1v) is 6.14. The van der Waals surface area contributed by atoms with E-state index in [4.69, 9.17) is 5.26 Å². The van der Waals surface area contributed by atoms with Crippen molar-refractivity contribution in [1.29, 1.82) is 5.26 Å². The fourth-order valence-corrected chi connectivity index (χ4v) is 2.78. The maximum Gasteiger partial charge on any atom is 0.234 e. The van der Waals surface area contributed by atoms with Crippen LogP contribution in [0.5, 0.6) is 0 Å². The lowest BCUT2D eigenvalue weighted by Crippen LogP contribution is -2.38. The van der Waals surface area contributed by atoms with Crippen LogP contribution in [0.2, 0.25) is 0 Å². The van der Waals surface area contributed by atoms with Crippen molar-refractivity contribution in [1.82, 2.24) is 5.32 Å². The van der Waals surface area contributed by atoms with Gasteiger partial charge in [0.15, 0.2) is 0 Å². The Morgan fingerprint density at radius 1 is 1.57 bits per heavy atom. The molecule has 1 amide bonds. The van der Waals surface area contributed by atoms with Crippen LogP contribution in [-0.4, -0.2) is 23.5 Å². The highest BCUT2D eigenvalue weighted by molar-refractivity contribution is 8.00. The van der Waals surface area contributed by atoms with Crippen molar-refractivity contribution in [3.8, 4) is 6.07 Å². The van der Waals surface area contributed by atoms with Crippen LogP contribution in [0.25, 0.3) is 0 Å². The zero-order chi connectivity index (χ0) is 10.4. The first-order valence-electron chi connectivity index (χ1n) is 4.91. The zero-order valence-electron chi connectivity index (χ0n) is 8.51. The molecule has 1 fully saturated rings. The van der Waals surface area contributed by atoms with E-state index in [2.05, 4.69) is 11.6 Å². The molecule has 0 aromatic rings. The average Bonchev–Trinajstić information content (AvgIpc) is 2.65. The highest BCUT2D eigenvalue weighted by Gasteiger charge is 2.32. The fourth-order valence-electron chi connectivity index (χ4n) is 1.87. The molecule has 0 aromatic carbocycles. The molecule has 1 aliphatic rings. The maximum absolute atomic E-state index is 11.1.